The molecule has 0 aromatic carbocycles. The normalized spacial score (nSPS) is 18.3. The van der Waals surface area contributed by atoms with Crippen molar-refractivity contribution >= 4 is 0 Å². The van der Waals surface area contributed by atoms with Gasteiger partial charge in [-0.25, -0.2) is 4.39 Å². The predicted molar refractivity (Wildman–Crippen MR) is 72.5 cm³/mol. The molecule has 0 saturated heterocycles. The average Bonchev–Trinajstić information content (AvgIpc) is 2.80. The van der Waals surface area contributed by atoms with Crippen molar-refractivity contribution in [1.82, 2.24) is 14.9 Å². The fraction of sp³-hybridized carbons (Fsp3) is 0.400. The van der Waals surface area contributed by atoms with Gasteiger partial charge in [-0.05, 0) is 49.1 Å². The smallest absolute Gasteiger partial charge is 0.141 e. The summed E-state index contributed by atoms with van der Waals surface area (Å²) in [6, 6.07) is 2.00. The molecule has 100 valence electrons. The van der Waals surface area contributed by atoms with Crippen LogP contribution >= 0.6 is 0 Å². The van der Waals surface area contributed by atoms with E-state index in [9.17, 15) is 4.39 Å². The number of halogens is 1. The Bertz CT molecular complexity index is 577. The van der Waals surface area contributed by atoms with Crippen molar-refractivity contribution in [3.05, 3.63) is 53.4 Å². The Labute approximate surface area is 112 Å². The Morgan fingerprint density at radius 1 is 1.42 bits per heavy atom. The molecule has 0 radical (unpaired) electrons. The third-order valence-corrected chi connectivity index (χ3v) is 3.79. The molecule has 1 atom stereocenters. The van der Waals surface area contributed by atoms with Crippen LogP contribution in [0.4, 0.5) is 4.39 Å². The molecule has 0 bridgehead atoms. The first-order chi connectivity index (χ1) is 9.26. The molecule has 1 N–H and O–H groups in total. The molecular weight excluding hydrogens is 241 g/mol. The van der Waals surface area contributed by atoms with Crippen LogP contribution in [0.1, 0.15) is 35.6 Å². The topological polar surface area (TPSA) is 29.9 Å². The zero-order valence-corrected chi connectivity index (χ0v) is 11.1. The monoisotopic (exact) mass is 259 g/mol. The van der Waals surface area contributed by atoms with Gasteiger partial charge in [-0.1, -0.05) is 0 Å². The molecule has 3 rings (SSSR count). The number of nitrogens with one attached hydrogen (secondary N) is 1. The van der Waals surface area contributed by atoms with Crippen LogP contribution in [0.15, 0.2) is 30.9 Å². The molecule has 2 heterocycles. The molecule has 0 saturated carbocycles. The molecule has 19 heavy (non-hydrogen) atoms. The summed E-state index contributed by atoms with van der Waals surface area (Å²) in [5.41, 5.74) is 3.70. The highest BCUT2D eigenvalue weighted by atomic mass is 19.1. The lowest BCUT2D eigenvalue weighted by molar-refractivity contribution is 0.498. The van der Waals surface area contributed by atoms with E-state index in [1.165, 1.54) is 30.2 Å². The van der Waals surface area contributed by atoms with Crippen LogP contribution < -0.4 is 5.32 Å². The quantitative estimate of drug-likeness (QED) is 0.918. The van der Waals surface area contributed by atoms with Crippen molar-refractivity contribution in [2.75, 3.05) is 7.05 Å². The molecule has 0 amide bonds. The van der Waals surface area contributed by atoms with Crippen LogP contribution in [0.5, 0.6) is 0 Å². The summed E-state index contributed by atoms with van der Waals surface area (Å²) in [7, 11) is 2.01. The van der Waals surface area contributed by atoms with E-state index in [4.69, 9.17) is 0 Å². The summed E-state index contributed by atoms with van der Waals surface area (Å²) in [4.78, 5) is 3.89. The second-order valence-electron chi connectivity index (χ2n) is 5.16. The lowest BCUT2D eigenvalue weighted by Gasteiger charge is -2.21. The van der Waals surface area contributed by atoms with Crippen LogP contribution in [0, 0.1) is 5.82 Å². The Morgan fingerprint density at radius 2 is 2.32 bits per heavy atom. The summed E-state index contributed by atoms with van der Waals surface area (Å²) in [5, 5.41) is 3.36. The number of aromatic nitrogens is 2. The molecule has 2 aromatic rings. The van der Waals surface area contributed by atoms with E-state index in [1.54, 1.807) is 12.3 Å². The fourth-order valence-electron chi connectivity index (χ4n) is 2.89. The van der Waals surface area contributed by atoms with Gasteiger partial charge in [0, 0.05) is 31.2 Å². The zero-order valence-electron chi connectivity index (χ0n) is 11.1. The number of pyridine rings is 1. The lowest BCUT2D eigenvalue weighted by atomic mass is 9.91. The van der Waals surface area contributed by atoms with Gasteiger partial charge in [-0.2, -0.15) is 0 Å². The van der Waals surface area contributed by atoms with Crippen LogP contribution in [0.3, 0.4) is 0 Å². The Hall–Kier alpha value is -1.68. The van der Waals surface area contributed by atoms with Gasteiger partial charge in [0.25, 0.3) is 0 Å². The number of rotatable bonds is 3. The number of aryl methyl sites for hydroxylation is 1. The van der Waals surface area contributed by atoms with Crippen LogP contribution in [0.25, 0.3) is 0 Å². The maximum absolute atomic E-state index is 13.1. The highest BCUT2D eigenvalue weighted by molar-refractivity contribution is 5.31. The maximum Gasteiger partial charge on any atom is 0.141 e. The Kier molecular flexibility index (Phi) is 3.34. The highest BCUT2D eigenvalue weighted by Gasteiger charge is 2.20. The van der Waals surface area contributed by atoms with E-state index in [0.29, 0.717) is 12.6 Å². The van der Waals surface area contributed by atoms with E-state index in [0.717, 1.165) is 12.0 Å². The standard InChI is InChI=1S/C15H18FN3/c1-17-15-4-2-3-12-9-19(10-14(12)15)8-11-5-13(16)7-18-6-11/h5-7,9-10,15,17H,2-4,8H2,1H3. The number of hydrogen-bond donors (Lipinski definition) is 1. The molecule has 4 heteroatoms. The first kappa shape index (κ1) is 12.4. The van der Waals surface area contributed by atoms with Crippen molar-refractivity contribution in [3.8, 4) is 0 Å². The van der Waals surface area contributed by atoms with E-state index >= 15 is 0 Å². The SMILES string of the molecule is CNC1CCCc2cn(Cc3cncc(F)c3)cc21. The second-order valence-corrected chi connectivity index (χ2v) is 5.16. The summed E-state index contributed by atoms with van der Waals surface area (Å²) in [5.74, 6) is -0.275. The molecule has 1 unspecified atom stereocenters. The van der Waals surface area contributed by atoms with E-state index in [1.807, 2.05) is 7.05 Å². The minimum absolute atomic E-state index is 0.275. The third-order valence-electron chi connectivity index (χ3n) is 3.79. The first-order valence-corrected chi connectivity index (χ1v) is 6.71. The Morgan fingerprint density at radius 3 is 3.11 bits per heavy atom. The van der Waals surface area contributed by atoms with Gasteiger partial charge in [0.05, 0.1) is 6.20 Å². The minimum atomic E-state index is -0.275. The Balaban J connectivity index is 1.85. The summed E-state index contributed by atoms with van der Waals surface area (Å²) in [6.45, 7) is 0.675. The van der Waals surface area contributed by atoms with Gasteiger partial charge in [0.15, 0.2) is 0 Å². The summed E-state index contributed by atoms with van der Waals surface area (Å²) in [6.07, 6.45) is 10.9. The van der Waals surface area contributed by atoms with Gasteiger partial charge >= 0.3 is 0 Å². The van der Waals surface area contributed by atoms with Crippen molar-refractivity contribution in [1.29, 1.82) is 0 Å². The van der Waals surface area contributed by atoms with E-state index < -0.39 is 0 Å². The van der Waals surface area contributed by atoms with E-state index in [-0.39, 0.29) is 5.82 Å². The van der Waals surface area contributed by atoms with Crippen molar-refractivity contribution in [3.63, 3.8) is 0 Å². The maximum atomic E-state index is 13.1. The van der Waals surface area contributed by atoms with Gasteiger partial charge in [-0.15, -0.1) is 0 Å². The van der Waals surface area contributed by atoms with Crippen molar-refractivity contribution < 1.29 is 4.39 Å². The first-order valence-electron chi connectivity index (χ1n) is 6.71. The van der Waals surface area contributed by atoms with E-state index in [2.05, 4.69) is 27.3 Å². The molecule has 0 aliphatic heterocycles. The molecule has 0 spiro atoms. The van der Waals surface area contributed by atoms with Gasteiger partial charge in [-0.3, -0.25) is 4.98 Å². The fourth-order valence-corrected chi connectivity index (χ4v) is 2.89. The van der Waals surface area contributed by atoms with Crippen LogP contribution in [-0.4, -0.2) is 16.6 Å². The molecule has 2 aromatic heterocycles. The second kappa shape index (κ2) is 5.13. The minimum Gasteiger partial charge on any atom is -0.349 e. The summed E-state index contributed by atoms with van der Waals surface area (Å²) >= 11 is 0. The van der Waals surface area contributed by atoms with Gasteiger partial charge < -0.3 is 9.88 Å². The zero-order chi connectivity index (χ0) is 13.2. The van der Waals surface area contributed by atoms with Crippen LogP contribution in [0.2, 0.25) is 0 Å². The number of nitrogens with zero attached hydrogens (tertiary/aromatic N) is 2. The number of hydrogen-bond acceptors (Lipinski definition) is 2. The molecule has 1 aliphatic carbocycles. The molecule has 1 aliphatic rings. The van der Waals surface area contributed by atoms with Crippen LogP contribution in [-0.2, 0) is 13.0 Å². The molecule has 3 nitrogen and oxygen atoms in total. The molecule has 0 fully saturated rings. The average molecular weight is 259 g/mol. The largest absolute Gasteiger partial charge is 0.349 e. The molecular formula is C15H18FN3. The predicted octanol–water partition coefficient (Wildman–Crippen LogP) is 2.67. The van der Waals surface area contributed by atoms with Crippen molar-refractivity contribution in [2.24, 2.45) is 0 Å². The highest BCUT2D eigenvalue weighted by Crippen LogP contribution is 2.30. The third kappa shape index (κ3) is 2.54. The number of fused-ring (bicyclic) bond motifs is 1. The van der Waals surface area contributed by atoms with Gasteiger partial charge in [0.2, 0.25) is 0 Å². The summed E-state index contributed by atoms with van der Waals surface area (Å²) < 4.78 is 15.3. The van der Waals surface area contributed by atoms with Crippen molar-refractivity contribution in [2.45, 2.75) is 31.8 Å². The lowest BCUT2D eigenvalue weighted by Crippen LogP contribution is -2.20. The van der Waals surface area contributed by atoms with Gasteiger partial charge in [0.1, 0.15) is 5.82 Å².